The van der Waals surface area contributed by atoms with Gasteiger partial charge in [-0.3, -0.25) is 4.79 Å². The van der Waals surface area contributed by atoms with Gasteiger partial charge in [0.25, 0.3) is 0 Å². The van der Waals surface area contributed by atoms with Gasteiger partial charge >= 0.3 is 0 Å². The molecule has 0 aliphatic carbocycles. The van der Waals surface area contributed by atoms with Gasteiger partial charge in [0.05, 0.1) is 0 Å². The molecule has 0 unspecified atom stereocenters. The Kier molecular flexibility index (Phi) is 4.35. The summed E-state index contributed by atoms with van der Waals surface area (Å²) in [7, 11) is 0. The Morgan fingerprint density at radius 1 is 1.10 bits per heavy atom. The number of amides is 1. The van der Waals surface area contributed by atoms with Crippen molar-refractivity contribution >= 4 is 23.4 Å². The Morgan fingerprint density at radius 2 is 1.75 bits per heavy atom. The van der Waals surface area contributed by atoms with Crippen LogP contribution in [0.4, 0.5) is 5.69 Å². The van der Waals surface area contributed by atoms with Gasteiger partial charge in [0.15, 0.2) is 0 Å². The number of nitrogen functional groups attached to an aromatic ring is 1. The Hall–Kier alpha value is -1.94. The largest absolute Gasteiger partial charge is 0.398 e. The molecule has 0 radical (unpaired) electrons. The van der Waals surface area contributed by atoms with Crippen molar-refractivity contribution in [3.8, 4) is 0 Å². The van der Waals surface area contributed by atoms with Crippen molar-refractivity contribution in [2.75, 3.05) is 5.73 Å². The summed E-state index contributed by atoms with van der Waals surface area (Å²) in [6.07, 6.45) is 0. The third kappa shape index (κ3) is 3.33. The number of benzene rings is 2. The second kappa shape index (κ2) is 6.01. The number of hydrogen-bond acceptors (Lipinski definition) is 3. The van der Waals surface area contributed by atoms with Gasteiger partial charge in [0.2, 0.25) is 5.91 Å². The van der Waals surface area contributed by atoms with Gasteiger partial charge in [-0.2, -0.15) is 0 Å². The molecule has 0 aliphatic heterocycles. The molecule has 4 heteroatoms. The molecule has 0 bridgehead atoms. The third-order valence-electron chi connectivity index (χ3n) is 3.07. The molecular formula is C16H18N2OS. The lowest BCUT2D eigenvalue weighted by molar-refractivity contribution is 0.1000. The zero-order chi connectivity index (χ0) is 14.7. The molecule has 104 valence electrons. The van der Waals surface area contributed by atoms with Gasteiger partial charge in [0, 0.05) is 21.0 Å². The molecule has 4 N–H and O–H groups in total. The van der Waals surface area contributed by atoms with Crippen molar-refractivity contribution in [1.82, 2.24) is 0 Å². The molecule has 20 heavy (non-hydrogen) atoms. The smallest absolute Gasteiger partial charge is 0.248 e. The second-order valence-corrected chi connectivity index (χ2v) is 6.06. The molecule has 3 nitrogen and oxygen atoms in total. The summed E-state index contributed by atoms with van der Waals surface area (Å²) in [5.74, 6) is 0.0688. The van der Waals surface area contributed by atoms with Crippen LogP contribution in [0.1, 0.15) is 35.7 Å². The van der Waals surface area contributed by atoms with E-state index >= 15 is 0 Å². The third-order valence-corrected chi connectivity index (χ3v) is 4.15. The van der Waals surface area contributed by atoms with Crippen molar-refractivity contribution in [1.29, 1.82) is 0 Å². The Balaban J connectivity index is 2.25. The van der Waals surface area contributed by atoms with Crippen molar-refractivity contribution in [2.45, 2.75) is 29.6 Å². The number of hydrogen-bond donors (Lipinski definition) is 2. The summed E-state index contributed by atoms with van der Waals surface area (Å²) in [5, 5.41) is 0. The highest BCUT2D eigenvalue weighted by Crippen LogP contribution is 2.33. The van der Waals surface area contributed by atoms with E-state index < -0.39 is 5.91 Å². The lowest BCUT2D eigenvalue weighted by atomic mass is 10.0. The number of anilines is 1. The van der Waals surface area contributed by atoms with E-state index in [1.54, 1.807) is 18.2 Å². The average molecular weight is 286 g/mol. The molecule has 0 spiro atoms. The molecule has 0 fully saturated rings. The highest BCUT2D eigenvalue weighted by molar-refractivity contribution is 7.99. The predicted molar refractivity (Wildman–Crippen MR) is 84.0 cm³/mol. The van der Waals surface area contributed by atoms with Crippen LogP contribution in [0.2, 0.25) is 0 Å². The molecule has 0 aromatic heterocycles. The fraction of sp³-hybridized carbons (Fsp3) is 0.188. The van der Waals surface area contributed by atoms with E-state index in [0.29, 0.717) is 17.2 Å². The lowest BCUT2D eigenvalue weighted by Crippen LogP contribution is -2.11. The van der Waals surface area contributed by atoms with Gasteiger partial charge < -0.3 is 11.5 Å². The van der Waals surface area contributed by atoms with E-state index in [2.05, 4.69) is 38.1 Å². The van der Waals surface area contributed by atoms with E-state index in [9.17, 15) is 4.79 Å². The van der Waals surface area contributed by atoms with Gasteiger partial charge in [0.1, 0.15) is 0 Å². The number of carbonyl (C=O) groups excluding carboxylic acids is 1. The van der Waals surface area contributed by atoms with E-state index in [-0.39, 0.29) is 0 Å². The Bertz CT molecular complexity index is 621. The molecule has 2 rings (SSSR count). The van der Waals surface area contributed by atoms with Crippen LogP contribution in [0.3, 0.4) is 0 Å². The maximum Gasteiger partial charge on any atom is 0.248 e. The second-order valence-electron chi connectivity index (χ2n) is 4.94. The summed E-state index contributed by atoms with van der Waals surface area (Å²) in [6, 6.07) is 13.4. The van der Waals surface area contributed by atoms with Crippen molar-refractivity contribution in [3.05, 3.63) is 53.6 Å². The van der Waals surface area contributed by atoms with Gasteiger partial charge in [-0.25, -0.2) is 0 Å². The first-order valence-electron chi connectivity index (χ1n) is 6.44. The van der Waals surface area contributed by atoms with Crippen molar-refractivity contribution < 1.29 is 4.79 Å². The SMILES string of the molecule is CC(C)c1ccc(Sc2cc(C(N)=O)ccc2N)cc1. The molecule has 0 heterocycles. The summed E-state index contributed by atoms with van der Waals surface area (Å²) >= 11 is 1.53. The minimum Gasteiger partial charge on any atom is -0.398 e. The highest BCUT2D eigenvalue weighted by atomic mass is 32.2. The van der Waals surface area contributed by atoms with Crippen LogP contribution < -0.4 is 11.5 Å². The minimum absolute atomic E-state index is 0.443. The number of carbonyl (C=O) groups is 1. The summed E-state index contributed by atoms with van der Waals surface area (Å²) in [6.45, 7) is 4.33. The first-order chi connectivity index (χ1) is 9.47. The van der Waals surface area contributed by atoms with Crippen LogP contribution in [0.25, 0.3) is 0 Å². The lowest BCUT2D eigenvalue weighted by Gasteiger charge is -2.09. The summed E-state index contributed by atoms with van der Waals surface area (Å²) in [4.78, 5) is 13.1. The molecule has 0 atom stereocenters. The van der Waals surface area contributed by atoms with Crippen LogP contribution in [0.15, 0.2) is 52.3 Å². The molecule has 1 amide bonds. The fourth-order valence-electron chi connectivity index (χ4n) is 1.82. The number of rotatable bonds is 4. The Morgan fingerprint density at radius 3 is 2.30 bits per heavy atom. The van der Waals surface area contributed by atoms with Crippen molar-refractivity contribution in [2.24, 2.45) is 5.73 Å². The zero-order valence-electron chi connectivity index (χ0n) is 11.6. The molecule has 0 aliphatic rings. The van der Waals surface area contributed by atoms with Crippen LogP contribution >= 0.6 is 11.8 Å². The van der Waals surface area contributed by atoms with Gasteiger partial charge in [-0.1, -0.05) is 37.7 Å². The molecule has 2 aromatic rings. The Labute approximate surface area is 123 Å². The topological polar surface area (TPSA) is 69.1 Å². The zero-order valence-corrected chi connectivity index (χ0v) is 12.4. The minimum atomic E-state index is -0.443. The van der Waals surface area contributed by atoms with Gasteiger partial charge in [-0.05, 0) is 41.8 Å². The van der Waals surface area contributed by atoms with Gasteiger partial charge in [-0.15, -0.1) is 0 Å². The van der Waals surface area contributed by atoms with Crippen LogP contribution in [0.5, 0.6) is 0 Å². The van der Waals surface area contributed by atoms with Crippen LogP contribution in [-0.2, 0) is 0 Å². The van der Waals surface area contributed by atoms with E-state index in [0.717, 1.165) is 9.79 Å². The van der Waals surface area contributed by atoms with Crippen LogP contribution in [0, 0.1) is 0 Å². The maximum absolute atomic E-state index is 11.2. The maximum atomic E-state index is 11.2. The van der Waals surface area contributed by atoms with E-state index in [1.807, 2.05) is 0 Å². The predicted octanol–water partition coefficient (Wildman–Crippen LogP) is 3.64. The van der Waals surface area contributed by atoms with E-state index in [4.69, 9.17) is 11.5 Å². The molecular weight excluding hydrogens is 268 g/mol. The molecule has 0 saturated carbocycles. The normalized spacial score (nSPS) is 10.8. The molecule has 0 saturated heterocycles. The standard InChI is InChI=1S/C16H18N2OS/c1-10(2)11-3-6-13(7-4-11)20-15-9-12(16(18)19)5-8-14(15)17/h3-10H,17H2,1-2H3,(H2,18,19). The first kappa shape index (κ1) is 14.5. The van der Waals surface area contributed by atoms with Crippen LogP contribution in [-0.4, -0.2) is 5.91 Å². The first-order valence-corrected chi connectivity index (χ1v) is 7.26. The number of primary amides is 1. The van der Waals surface area contributed by atoms with E-state index in [1.165, 1.54) is 17.3 Å². The molecule has 2 aromatic carbocycles. The fourth-order valence-corrected chi connectivity index (χ4v) is 2.72. The highest BCUT2D eigenvalue weighted by Gasteiger charge is 2.07. The quantitative estimate of drug-likeness (QED) is 0.843. The summed E-state index contributed by atoms with van der Waals surface area (Å²) < 4.78 is 0. The summed E-state index contributed by atoms with van der Waals surface area (Å²) in [5.41, 5.74) is 13.7. The average Bonchev–Trinajstić information content (AvgIpc) is 2.41. The van der Waals surface area contributed by atoms with Crippen molar-refractivity contribution in [3.63, 3.8) is 0 Å². The number of nitrogens with two attached hydrogens (primary N) is 2. The monoisotopic (exact) mass is 286 g/mol.